The van der Waals surface area contributed by atoms with Crippen LogP contribution in [0.2, 0.25) is 0 Å². The minimum atomic E-state index is -0.197. The van der Waals surface area contributed by atoms with Crippen molar-refractivity contribution in [3.05, 3.63) is 71.0 Å². The van der Waals surface area contributed by atoms with E-state index in [-0.39, 0.29) is 17.8 Å². The van der Waals surface area contributed by atoms with Gasteiger partial charge in [0, 0.05) is 25.6 Å². The molecule has 2 N–H and O–H groups in total. The molecule has 1 saturated heterocycles. The molecule has 2 unspecified atom stereocenters. The summed E-state index contributed by atoms with van der Waals surface area (Å²) in [6.45, 7) is 4.20. The third kappa shape index (κ3) is 3.19. The van der Waals surface area contributed by atoms with E-state index in [2.05, 4.69) is 22.5 Å². The van der Waals surface area contributed by atoms with Gasteiger partial charge in [0.2, 0.25) is 0 Å². The molecule has 3 nitrogen and oxygen atoms in total. The molecule has 3 rings (SSSR count). The maximum Gasteiger partial charge on any atom is 0.126 e. The summed E-state index contributed by atoms with van der Waals surface area (Å²) in [6, 6.07) is 15.2. The van der Waals surface area contributed by atoms with Crippen molar-refractivity contribution in [3.8, 4) is 0 Å². The van der Waals surface area contributed by atoms with Gasteiger partial charge < -0.3 is 5.21 Å². The van der Waals surface area contributed by atoms with Crippen molar-refractivity contribution < 1.29 is 9.60 Å². The number of halogens is 1. The first kappa shape index (κ1) is 15.2. The summed E-state index contributed by atoms with van der Waals surface area (Å²) in [4.78, 5) is 2.25. The lowest BCUT2D eigenvalue weighted by Crippen LogP contribution is -2.33. The van der Waals surface area contributed by atoms with Crippen LogP contribution in [0.15, 0.2) is 48.5 Å². The highest BCUT2D eigenvalue weighted by Gasteiger charge is 2.35. The monoisotopic (exact) mass is 300 g/mol. The van der Waals surface area contributed by atoms with Crippen LogP contribution in [0.1, 0.15) is 22.6 Å². The molecule has 0 aliphatic carbocycles. The fourth-order valence-corrected chi connectivity index (χ4v) is 3.25. The topological polar surface area (TPSA) is 35.5 Å². The number of hydroxylamine groups is 1. The van der Waals surface area contributed by atoms with Gasteiger partial charge in [-0.05, 0) is 24.1 Å². The Morgan fingerprint density at radius 3 is 2.68 bits per heavy atom. The number of rotatable bonds is 4. The van der Waals surface area contributed by atoms with Crippen molar-refractivity contribution >= 4 is 0 Å². The lowest BCUT2D eigenvalue weighted by Gasteiger charge is -2.18. The second kappa shape index (κ2) is 6.57. The van der Waals surface area contributed by atoms with Gasteiger partial charge in [-0.15, -0.1) is 0 Å². The summed E-state index contributed by atoms with van der Waals surface area (Å²) in [7, 11) is 0. The highest BCUT2D eigenvalue weighted by Crippen LogP contribution is 2.30. The lowest BCUT2D eigenvalue weighted by atomic mass is 9.93. The van der Waals surface area contributed by atoms with E-state index >= 15 is 0 Å². The van der Waals surface area contributed by atoms with Gasteiger partial charge in [-0.2, -0.15) is 0 Å². The first-order valence-corrected chi connectivity index (χ1v) is 7.59. The summed E-state index contributed by atoms with van der Waals surface area (Å²) in [6.07, 6.45) is 0. The number of likely N-dealkylation sites (tertiary alicyclic amines) is 1. The van der Waals surface area contributed by atoms with Crippen LogP contribution in [0.5, 0.6) is 0 Å². The Hall–Kier alpha value is -1.75. The molecule has 0 radical (unpaired) electrons. The van der Waals surface area contributed by atoms with Crippen molar-refractivity contribution in [2.24, 2.45) is 0 Å². The largest absolute Gasteiger partial charge is 0.316 e. The fourth-order valence-electron chi connectivity index (χ4n) is 3.25. The van der Waals surface area contributed by atoms with Crippen LogP contribution in [0, 0.1) is 12.7 Å². The first-order valence-electron chi connectivity index (χ1n) is 7.59. The highest BCUT2D eigenvalue weighted by molar-refractivity contribution is 5.30. The molecule has 22 heavy (non-hydrogen) atoms. The number of benzene rings is 2. The Bertz CT molecular complexity index is 632. The number of aryl methyl sites for hydroxylation is 1. The zero-order chi connectivity index (χ0) is 15.5. The van der Waals surface area contributed by atoms with E-state index < -0.39 is 0 Å². The van der Waals surface area contributed by atoms with Crippen LogP contribution in [0.3, 0.4) is 0 Å². The van der Waals surface area contributed by atoms with E-state index in [4.69, 9.17) is 0 Å². The molecule has 0 bridgehead atoms. The molecule has 1 heterocycles. The second-order valence-corrected chi connectivity index (χ2v) is 6.05. The highest BCUT2D eigenvalue weighted by atomic mass is 19.1. The van der Waals surface area contributed by atoms with E-state index in [0.717, 1.165) is 18.7 Å². The summed E-state index contributed by atoms with van der Waals surface area (Å²) >= 11 is 0. The molecule has 1 fully saturated rings. The zero-order valence-electron chi connectivity index (χ0n) is 12.7. The molecule has 1 aliphatic rings. The third-order valence-corrected chi connectivity index (χ3v) is 4.36. The Labute approximate surface area is 130 Å². The molecule has 116 valence electrons. The molecule has 0 aromatic heterocycles. The molecule has 1 aliphatic heterocycles. The standard InChI is InChI=1S/C18H21FN2O/c1-13-7-8-17(19)15(9-13)16-11-21(12-18(16)20-22)10-14-5-3-2-4-6-14/h2-9,16,18,20,22H,10-12H2,1H3. The average Bonchev–Trinajstić information content (AvgIpc) is 2.93. The van der Waals surface area contributed by atoms with E-state index in [9.17, 15) is 9.60 Å². The first-order chi connectivity index (χ1) is 10.7. The number of hydrogen-bond acceptors (Lipinski definition) is 3. The SMILES string of the molecule is Cc1ccc(F)c(C2CN(Cc3ccccc3)CC2NO)c1. The smallest absolute Gasteiger partial charge is 0.126 e. The number of nitrogens with zero attached hydrogens (tertiary/aromatic N) is 1. The third-order valence-electron chi connectivity index (χ3n) is 4.36. The van der Waals surface area contributed by atoms with Gasteiger partial charge in [-0.25, -0.2) is 9.87 Å². The van der Waals surface area contributed by atoms with Crippen molar-refractivity contribution in [3.63, 3.8) is 0 Å². The van der Waals surface area contributed by atoms with E-state index in [1.807, 2.05) is 31.2 Å². The van der Waals surface area contributed by atoms with Crippen LogP contribution >= 0.6 is 0 Å². The predicted molar refractivity (Wildman–Crippen MR) is 84.3 cm³/mol. The van der Waals surface area contributed by atoms with Crippen LogP contribution in [0.4, 0.5) is 4.39 Å². The Balaban J connectivity index is 1.79. The summed E-state index contributed by atoms with van der Waals surface area (Å²) in [5.74, 6) is -0.244. The normalized spacial score (nSPS) is 22.1. The van der Waals surface area contributed by atoms with Gasteiger partial charge in [-0.1, -0.05) is 48.0 Å². The fraction of sp³-hybridized carbons (Fsp3) is 0.333. The molecule has 2 atom stereocenters. The maximum absolute atomic E-state index is 14.2. The quantitative estimate of drug-likeness (QED) is 0.852. The van der Waals surface area contributed by atoms with Crippen molar-refractivity contribution in [1.82, 2.24) is 10.4 Å². The van der Waals surface area contributed by atoms with Gasteiger partial charge in [0.05, 0.1) is 6.04 Å². The Morgan fingerprint density at radius 2 is 1.95 bits per heavy atom. The average molecular weight is 300 g/mol. The van der Waals surface area contributed by atoms with E-state index in [1.165, 1.54) is 11.6 Å². The Kier molecular flexibility index (Phi) is 4.52. The minimum absolute atomic E-state index is 0.0476. The van der Waals surface area contributed by atoms with Crippen LogP contribution in [-0.4, -0.2) is 29.2 Å². The van der Waals surface area contributed by atoms with Gasteiger partial charge in [0.25, 0.3) is 0 Å². The molecule has 4 heteroatoms. The number of hydrogen-bond donors (Lipinski definition) is 2. The molecular weight excluding hydrogens is 279 g/mol. The van der Waals surface area contributed by atoms with Crippen LogP contribution in [0.25, 0.3) is 0 Å². The lowest BCUT2D eigenvalue weighted by molar-refractivity contribution is 0.121. The van der Waals surface area contributed by atoms with Crippen molar-refractivity contribution in [1.29, 1.82) is 0 Å². The molecule has 0 spiro atoms. The van der Waals surface area contributed by atoms with Gasteiger partial charge in [-0.3, -0.25) is 4.90 Å². The van der Waals surface area contributed by atoms with Gasteiger partial charge in [0.15, 0.2) is 0 Å². The Morgan fingerprint density at radius 1 is 1.18 bits per heavy atom. The van der Waals surface area contributed by atoms with Crippen molar-refractivity contribution in [2.75, 3.05) is 13.1 Å². The summed E-state index contributed by atoms with van der Waals surface area (Å²) < 4.78 is 14.2. The molecule has 2 aromatic rings. The summed E-state index contributed by atoms with van der Waals surface area (Å²) in [5.41, 5.74) is 5.31. The predicted octanol–water partition coefficient (Wildman–Crippen LogP) is 3.08. The maximum atomic E-state index is 14.2. The molecule has 0 amide bonds. The molecule has 2 aromatic carbocycles. The number of nitrogens with one attached hydrogen (secondary N) is 1. The van der Waals surface area contributed by atoms with Crippen LogP contribution < -0.4 is 5.48 Å². The second-order valence-electron chi connectivity index (χ2n) is 6.05. The van der Waals surface area contributed by atoms with E-state index in [0.29, 0.717) is 12.1 Å². The van der Waals surface area contributed by atoms with Gasteiger partial charge >= 0.3 is 0 Å². The van der Waals surface area contributed by atoms with E-state index in [1.54, 1.807) is 6.07 Å². The molecule has 0 saturated carbocycles. The van der Waals surface area contributed by atoms with Gasteiger partial charge in [0.1, 0.15) is 5.82 Å². The zero-order valence-corrected chi connectivity index (χ0v) is 12.7. The van der Waals surface area contributed by atoms with Crippen molar-refractivity contribution in [2.45, 2.75) is 25.4 Å². The molecular formula is C18H21FN2O. The summed E-state index contributed by atoms with van der Waals surface area (Å²) in [5, 5.41) is 9.44. The minimum Gasteiger partial charge on any atom is -0.316 e. The van der Waals surface area contributed by atoms with Crippen LogP contribution in [-0.2, 0) is 6.54 Å².